The number of rotatable bonds is 5. The number of nitrogens with two attached hydrogens (primary N) is 2. The van der Waals surface area contributed by atoms with Crippen LogP contribution in [0.3, 0.4) is 0 Å². The first kappa shape index (κ1) is 13.8. The van der Waals surface area contributed by atoms with E-state index in [-0.39, 0.29) is 17.9 Å². The predicted octanol–water partition coefficient (Wildman–Crippen LogP) is 0.731. The highest BCUT2D eigenvalue weighted by molar-refractivity contribution is 5.98. The lowest BCUT2D eigenvalue weighted by atomic mass is 10.1. The van der Waals surface area contributed by atoms with Crippen molar-refractivity contribution in [2.45, 2.75) is 19.9 Å². The minimum Gasteiger partial charge on any atom is -0.462 e. The Kier molecular flexibility index (Phi) is 4.53. The quantitative estimate of drug-likeness (QED) is 0.528. The van der Waals surface area contributed by atoms with Crippen molar-refractivity contribution in [3.63, 3.8) is 0 Å². The number of nitrogens with one attached hydrogen (secondary N) is 1. The van der Waals surface area contributed by atoms with Gasteiger partial charge in [-0.3, -0.25) is 4.79 Å². The molecule has 18 heavy (non-hydrogen) atoms. The van der Waals surface area contributed by atoms with Crippen molar-refractivity contribution in [1.29, 1.82) is 0 Å². The highest BCUT2D eigenvalue weighted by Crippen LogP contribution is 2.24. The molecule has 1 amide bonds. The molecule has 0 aliphatic heterocycles. The Labute approximate surface area is 105 Å². The highest BCUT2D eigenvalue weighted by atomic mass is 16.5. The van der Waals surface area contributed by atoms with Gasteiger partial charge in [-0.25, -0.2) is 4.79 Å². The van der Waals surface area contributed by atoms with E-state index in [4.69, 9.17) is 16.2 Å². The first-order valence-electron chi connectivity index (χ1n) is 5.58. The van der Waals surface area contributed by atoms with Crippen LogP contribution in [0.1, 0.15) is 24.2 Å². The van der Waals surface area contributed by atoms with E-state index in [9.17, 15) is 9.59 Å². The van der Waals surface area contributed by atoms with Gasteiger partial charge in [0, 0.05) is 0 Å². The fraction of sp³-hybridized carbons (Fsp3) is 0.333. The van der Waals surface area contributed by atoms with Gasteiger partial charge in [-0.1, -0.05) is 6.07 Å². The maximum absolute atomic E-state index is 11.6. The minimum atomic E-state index is -0.579. The number of ether oxygens (including phenoxy) is 1. The van der Waals surface area contributed by atoms with Crippen LogP contribution in [0.4, 0.5) is 11.4 Å². The van der Waals surface area contributed by atoms with Crippen LogP contribution in [0.2, 0.25) is 0 Å². The average Bonchev–Trinajstić information content (AvgIpc) is 2.31. The number of esters is 1. The van der Waals surface area contributed by atoms with E-state index in [1.165, 1.54) is 0 Å². The average molecular weight is 251 g/mol. The summed E-state index contributed by atoms with van der Waals surface area (Å²) in [7, 11) is 0. The van der Waals surface area contributed by atoms with Crippen LogP contribution >= 0.6 is 0 Å². The molecule has 0 aliphatic carbocycles. The molecule has 98 valence electrons. The topological polar surface area (TPSA) is 107 Å². The summed E-state index contributed by atoms with van der Waals surface area (Å²) in [5.41, 5.74) is 12.0. The number of benzene rings is 1. The van der Waals surface area contributed by atoms with Crippen LogP contribution in [0, 0.1) is 0 Å². The van der Waals surface area contributed by atoms with E-state index in [0.29, 0.717) is 5.69 Å². The summed E-state index contributed by atoms with van der Waals surface area (Å²) in [5, 5.41) is 2.84. The maximum Gasteiger partial charge on any atom is 0.340 e. The number of amides is 1. The Morgan fingerprint density at radius 3 is 2.67 bits per heavy atom. The largest absolute Gasteiger partial charge is 0.462 e. The van der Waals surface area contributed by atoms with E-state index in [1.807, 2.05) is 0 Å². The third-order valence-electron chi connectivity index (χ3n) is 2.40. The summed E-state index contributed by atoms with van der Waals surface area (Å²) >= 11 is 0. The Hall–Kier alpha value is -2.24. The molecule has 0 spiro atoms. The molecular formula is C12H17N3O3. The zero-order valence-electron chi connectivity index (χ0n) is 10.4. The van der Waals surface area contributed by atoms with Crippen molar-refractivity contribution in [3.8, 4) is 0 Å². The fourth-order valence-electron chi connectivity index (χ4n) is 1.38. The minimum absolute atomic E-state index is 0.240. The van der Waals surface area contributed by atoms with Gasteiger partial charge in [0.05, 0.1) is 23.5 Å². The third-order valence-corrected chi connectivity index (χ3v) is 2.40. The Balaban J connectivity index is 2.98. The second-order valence-electron chi connectivity index (χ2n) is 3.76. The molecule has 0 heterocycles. The number of nitrogen functional groups attached to an aromatic ring is 1. The smallest absolute Gasteiger partial charge is 0.340 e. The van der Waals surface area contributed by atoms with Gasteiger partial charge < -0.3 is 21.5 Å². The second kappa shape index (κ2) is 5.90. The molecule has 0 saturated carbocycles. The number of hydrogen-bond acceptors (Lipinski definition) is 5. The van der Waals surface area contributed by atoms with Gasteiger partial charge in [-0.15, -0.1) is 0 Å². The summed E-state index contributed by atoms with van der Waals surface area (Å²) in [6, 6.07) is 4.30. The molecule has 1 aromatic rings. The number of carbonyl (C=O) groups excluding carboxylic acids is 2. The van der Waals surface area contributed by atoms with Crippen molar-refractivity contribution in [2.75, 3.05) is 17.7 Å². The molecule has 1 atom stereocenters. The van der Waals surface area contributed by atoms with Gasteiger partial charge in [0.1, 0.15) is 6.04 Å². The van der Waals surface area contributed by atoms with Gasteiger partial charge in [-0.2, -0.15) is 0 Å². The molecule has 6 nitrogen and oxygen atoms in total. The molecule has 6 heteroatoms. The molecule has 1 unspecified atom stereocenters. The van der Waals surface area contributed by atoms with Gasteiger partial charge in [0.25, 0.3) is 0 Å². The normalized spacial score (nSPS) is 11.7. The van der Waals surface area contributed by atoms with Crippen molar-refractivity contribution in [1.82, 2.24) is 0 Å². The monoisotopic (exact) mass is 251 g/mol. The standard InChI is InChI=1S/C12H17N3O3/c1-3-18-12(17)8-5-4-6-9(10(8)13)15-7(2)11(14)16/h4-7,15H,3,13H2,1-2H3,(H2,14,16). The zero-order valence-corrected chi connectivity index (χ0v) is 10.4. The molecule has 0 bridgehead atoms. The highest BCUT2D eigenvalue weighted by Gasteiger charge is 2.15. The van der Waals surface area contributed by atoms with Crippen molar-refractivity contribution in [3.05, 3.63) is 23.8 Å². The summed E-state index contributed by atoms with van der Waals surface area (Å²) in [5.74, 6) is -0.999. The van der Waals surface area contributed by atoms with Gasteiger partial charge in [0.2, 0.25) is 5.91 Å². The Morgan fingerprint density at radius 1 is 1.44 bits per heavy atom. The number of para-hydroxylation sites is 1. The van der Waals surface area contributed by atoms with E-state index in [1.54, 1.807) is 32.0 Å². The van der Waals surface area contributed by atoms with Gasteiger partial charge >= 0.3 is 5.97 Å². The number of hydrogen-bond donors (Lipinski definition) is 3. The molecule has 0 aliphatic rings. The number of primary amides is 1. The second-order valence-corrected chi connectivity index (χ2v) is 3.76. The molecule has 0 radical (unpaired) electrons. The summed E-state index contributed by atoms with van der Waals surface area (Å²) < 4.78 is 4.88. The molecule has 0 fully saturated rings. The lowest BCUT2D eigenvalue weighted by molar-refractivity contribution is -0.118. The summed E-state index contributed by atoms with van der Waals surface area (Å²) in [6.07, 6.45) is 0. The fourth-order valence-corrected chi connectivity index (χ4v) is 1.38. The number of anilines is 2. The Morgan fingerprint density at radius 2 is 2.11 bits per heavy atom. The lowest BCUT2D eigenvalue weighted by Crippen LogP contribution is -2.32. The van der Waals surface area contributed by atoms with E-state index in [2.05, 4.69) is 5.32 Å². The first-order valence-corrected chi connectivity index (χ1v) is 5.58. The van der Waals surface area contributed by atoms with E-state index < -0.39 is 17.9 Å². The summed E-state index contributed by atoms with van der Waals surface area (Å²) in [4.78, 5) is 22.6. The first-order chi connectivity index (χ1) is 8.47. The predicted molar refractivity (Wildman–Crippen MR) is 69.1 cm³/mol. The van der Waals surface area contributed by atoms with Gasteiger partial charge in [-0.05, 0) is 26.0 Å². The van der Waals surface area contributed by atoms with Crippen molar-refractivity contribution < 1.29 is 14.3 Å². The van der Waals surface area contributed by atoms with Crippen LogP contribution in [-0.2, 0) is 9.53 Å². The third kappa shape index (κ3) is 3.13. The maximum atomic E-state index is 11.6. The van der Waals surface area contributed by atoms with E-state index in [0.717, 1.165) is 0 Å². The van der Waals surface area contributed by atoms with Crippen molar-refractivity contribution in [2.24, 2.45) is 5.73 Å². The molecule has 5 N–H and O–H groups in total. The number of carbonyl (C=O) groups is 2. The SMILES string of the molecule is CCOC(=O)c1cccc(NC(C)C(N)=O)c1N. The van der Waals surface area contributed by atoms with Crippen LogP contribution in [0.25, 0.3) is 0 Å². The molecule has 0 saturated heterocycles. The molecule has 0 aromatic heterocycles. The van der Waals surface area contributed by atoms with Crippen molar-refractivity contribution >= 4 is 23.3 Å². The van der Waals surface area contributed by atoms with Crippen LogP contribution in [0.15, 0.2) is 18.2 Å². The summed E-state index contributed by atoms with van der Waals surface area (Å²) in [6.45, 7) is 3.60. The van der Waals surface area contributed by atoms with E-state index >= 15 is 0 Å². The zero-order chi connectivity index (χ0) is 13.7. The molecule has 1 rings (SSSR count). The Bertz CT molecular complexity index is 460. The van der Waals surface area contributed by atoms with Crippen LogP contribution in [0.5, 0.6) is 0 Å². The molecular weight excluding hydrogens is 234 g/mol. The van der Waals surface area contributed by atoms with Gasteiger partial charge in [0.15, 0.2) is 0 Å². The van der Waals surface area contributed by atoms with Crippen LogP contribution in [-0.4, -0.2) is 24.5 Å². The lowest BCUT2D eigenvalue weighted by Gasteiger charge is -2.15. The molecule has 1 aromatic carbocycles. The van der Waals surface area contributed by atoms with Crippen LogP contribution < -0.4 is 16.8 Å².